The molecule has 6 heteroatoms. The lowest BCUT2D eigenvalue weighted by atomic mass is 10.0. The molecule has 0 bridgehead atoms. The van der Waals surface area contributed by atoms with Crippen LogP contribution in [0, 0.1) is 0 Å². The smallest absolute Gasteiger partial charge is 0.252 e. The van der Waals surface area contributed by atoms with Crippen LogP contribution in [-0.2, 0) is 4.79 Å². The maximum absolute atomic E-state index is 12.2. The summed E-state index contributed by atoms with van der Waals surface area (Å²) in [5.74, 6) is -0.428. The number of halogens is 1. The number of carbonyl (C=O) groups is 2. The Morgan fingerprint density at radius 1 is 1.33 bits per heavy atom. The number of piperidine rings is 1. The zero-order valence-electron chi connectivity index (χ0n) is 11.7. The molecule has 0 radical (unpaired) electrons. The van der Waals surface area contributed by atoms with Gasteiger partial charge in [-0.15, -0.1) is 0 Å². The van der Waals surface area contributed by atoms with Gasteiger partial charge in [-0.3, -0.25) is 9.59 Å². The average Bonchev–Trinajstić information content (AvgIpc) is 2.52. The summed E-state index contributed by atoms with van der Waals surface area (Å²) in [5.41, 5.74) is 0.502. The van der Waals surface area contributed by atoms with Crippen LogP contribution in [0.4, 0.5) is 0 Å². The van der Waals surface area contributed by atoms with E-state index in [-0.39, 0.29) is 31.0 Å². The number of carbonyl (C=O) groups excluding carboxylic acids is 2. The Balaban J connectivity index is 1.91. The number of hydrogen-bond donors (Lipinski definition) is 2. The van der Waals surface area contributed by atoms with Gasteiger partial charge >= 0.3 is 0 Å². The van der Waals surface area contributed by atoms with E-state index in [1.807, 2.05) is 6.07 Å². The van der Waals surface area contributed by atoms with Crippen LogP contribution in [0.3, 0.4) is 0 Å². The van der Waals surface area contributed by atoms with E-state index < -0.39 is 0 Å². The second kappa shape index (κ2) is 7.56. The number of amides is 2. The second-order valence-electron chi connectivity index (χ2n) is 5.08. The van der Waals surface area contributed by atoms with Gasteiger partial charge in [-0.2, -0.15) is 0 Å². The molecule has 0 spiro atoms. The van der Waals surface area contributed by atoms with Crippen molar-refractivity contribution in [2.45, 2.75) is 25.3 Å². The number of nitrogens with zero attached hydrogens (tertiary/aromatic N) is 1. The minimum absolute atomic E-state index is 0.0239. The van der Waals surface area contributed by atoms with Crippen molar-refractivity contribution in [2.24, 2.45) is 0 Å². The lowest BCUT2D eigenvalue weighted by Gasteiger charge is -2.34. The van der Waals surface area contributed by atoms with Gasteiger partial charge in [0.05, 0.1) is 24.8 Å². The summed E-state index contributed by atoms with van der Waals surface area (Å²) in [6, 6.07) is 6.95. The molecule has 1 unspecified atom stereocenters. The maximum atomic E-state index is 12.2. The van der Waals surface area contributed by atoms with Crippen molar-refractivity contribution in [3.8, 4) is 0 Å². The van der Waals surface area contributed by atoms with E-state index in [0.29, 0.717) is 16.6 Å². The van der Waals surface area contributed by atoms with Crippen LogP contribution in [0.15, 0.2) is 28.7 Å². The summed E-state index contributed by atoms with van der Waals surface area (Å²) in [6.45, 7) is 0.579. The molecule has 1 saturated heterocycles. The van der Waals surface area contributed by atoms with Crippen LogP contribution in [-0.4, -0.2) is 47.6 Å². The highest BCUT2D eigenvalue weighted by Crippen LogP contribution is 2.17. The van der Waals surface area contributed by atoms with Gasteiger partial charge in [0.25, 0.3) is 5.91 Å². The molecule has 114 valence electrons. The molecule has 1 atom stereocenters. The predicted octanol–water partition coefficient (Wildman–Crippen LogP) is 1.55. The van der Waals surface area contributed by atoms with Gasteiger partial charge in [-0.25, -0.2) is 0 Å². The summed E-state index contributed by atoms with van der Waals surface area (Å²) in [4.78, 5) is 25.9. The molecular formula is C15H19BrN2O3. The first-order chi connectivity index (χ1) is 10.1. The van der Waals surface area contributed by atoms with Crippen molar-refractivity contribution in [1.29, 1.82) is 0 Å². The van der Waals surface area contributed by atoms with Crippen LogP contribution in [0.2, 0.25) is 0 Å². The molecule has 1 aromatic carbocycles. The van der Waals surface area contributed by atoms with Gasteiger partial charge in [-0.05, 0) is 47.3 Å². The third kappa shape index (κ3) is 4.04. The van der Waals surface area contributed by atoms with Crippen LogP contribution in [0.5, 0.6) is 0 Å². The molecule has 0 aliphatic carbocycles. The van der Waals surface area contributed by atoms with Gasteiger partial charge < -0.3 is 15.3 Å². The fourth-order valence-corrected chi connectivity index (χ4v) is 2.98. The maximum Gasteiger partial charge on any atom is 0.252 e. The highest BCUT2D eigenvalue weighted by Gasteiger charge is 2.26. The summed E-state index contributed by atoms with van der Waals surface area (Å²) in [7, 11) is 0. The third-order valence-corrected chi connectivity index (χ3v) is 4.37. The molecule has 5 nitrogen and oxygen atoms in total. The van der Waals surface area contributed by atoms with Crippen molar-refractivity contribution < 1.29 is 14.7 Å². The molecule has 0 aromatic heterocycles. The summed E-state index contributed by atoms with van der Waals surface area (Å²) in [5, 5.41) is 12.0. The molecular weight excluding hydrogens is 336 g/mol. The summed E-state index contributed by atoms with van der Waals surface area (Å²) in [6.07, 6.45) is 2.79. The molecule has 1 fully saturated rings. The molecule has 1 aliphatic heterocycles. The summed E-state index contributed by atoms with van der Waals surface area (Å²) < 4.78 is 0.696. The first kappa shape index (κ1) is 16.0. The molecule has 0 saturated carbocycles. The first-order valence-corrected chi connectivity index (χ1v) is 7.86. The minimum Gasteiger partial charge on any atom is -0.394 e. The van der Waals surface area contributed by atoms with Crippen LogP contribution >= 0.6 is 15.9 Å². The van der Waals surface area contributed by atoms with E-state index >= 15 is 0 Å². The molecule has 1 heterocycles. The van der Waals surface area contributed by atoms with Gasteiger partial charge in [0.1, 0.15) is 0 Å². The topological polar surface area (TPSA) is 69.6 Å². The van der Waals surface area contributed by atoms with Gasteiger partial charge in [0.2, 0.25) is 5.91 Å². The number of benzene rings is 1. The fourth-order valence-electron chi connectivity index (χ4n) is 2.52. The lowest BCUT2D eigenvalue weighted by Crippen LogP contribution is -2.49. The Bertz CT molecular complexity index is 521. The molecule has 2 amide bonds. The predicted molar refractivity (Wildman–Crippen MR) is 82.9 cm³/mol. The van der Waals surface area contributed by atoms with Crippen molar-refractivity contribution in [2.75, 3.05) is 19.7 Å². The highest BCUT2D eigenvalue weighted by molar-refractivity contribution is 9.10. The van der Waals surface area contributed by atoms with Gasteiger partial charge in [-0.1, -0.05) is 12.1 Å². The Kier molecular flexibility index (Phi) is 5.76. The Morgan fingerprint density at radius 2 is 2.10 bits per heavy atom. The first-order valence-electron chi connectivity index (χ1n) is 7.06. The van der Waals surface area contributed by atoms with E-state index in [9.17, 15) is 14.7 Å². The molecule has 21 heavy (non-hydrogen) atoms. The van der Waals surface area contributed by atoms with E-state index in [1.54, 1.807) is 23.1 Å². The lowest BCUT2D eigenvalue weighted by molar-refractivity contribution is -0.134. The van der Waals surface area contributed by atoms with E-state index in [0.717, 1.165) is 19.3 Å². The Labute approximate surface area is 132 Å². The van der Waals surface area contributed by atoms with Gasteiger partial charge in [0.15, 0.2) is 0 Å². The zero-order chi connectivity index (χ0) is 15.2. The SMILES string of the molecule is O=C(NCC(=O)N1CCCCC1CO)c1ccccc1Br. The molecule has 2 N–H and O–H groups in total. The average molecular weight is 355 g/mol. The van der Waals surface area contributed by atoms with Crippen LogP contribution in [0.25, 0.3) is 0 Å². The largest absolute Gasteiger partial charge is 0.394 e. The Morgan fingerprint density at radius 3 is 2.81 bits per heavy atom. The second-order valence-corrected chi connectivity index (χ2v) is 5.94. The number of aliphatic hydroxyl groups excluding tert-OH is 1. The van der Waals surface area contributed by atoms with E-state index in [2.05, 4.69) is 21.2 Å². The number of rotatable bonds is 4. The normalized spacial score (nSPS) is 18.4. The minimum atomic E-state index is -0.284. The summed E-state index contributed by atoms with van der Waals surface area (Å²) >= 11 is 3.31. The molecule has 1 aromatic rings. The number of hydrogen-bond acceptors (Lipinski definition) is 3. The van der Waals surface area contributed by atoms with E-state index in [1.165, 1.54) is 0 Å². The standard InChI is InChI=1S/C15H19BrN2O3/c16-13-7-2-1-6-12(13)15(21)17-9-14(20)18-8-4-3-5-11(18)10-19/h1-2,6-7,11,19H,3-5,8-10H2,(H,17,21). The Hall–Kier alpha value is -1.40. The zero-order valence-corrected chi connectivity index (χ0v) is 13.3. The molecule has 1 aliphatic rings. The number of aliphatic hydroxyl groups is 1. The highest BCUT2D eigenvalue weighted by atomic mass is 79.9. The van der Waals surface area contributed by atoms with Crippen molar-refractivity contribution in [1.82, 2.24) is 10.2 Å². The third-order valence-electron chi connectivity index (χ3n) is 3.68. The van der Waals surface area contributed by atoms with Crippen molar-refractivity contribution >= 4 is 27.7 Å². The fraction of sp³-hybridized carbons (Fsp3) is 0.467. The number of likely N-dealkylation sites (tertiary alicyclic amines) is 1. The van der Waals surface area contributed by atoms with Crippen LogP contribution < -0.4 is 5.32 Å². The number of nitrogens with one attached hydrogen (secondary N) is 1. The molecule has 2 rings (SSSR count). The van der Waals surface area contributed by atoms with Crippen LogP contribution in [0.1, 0.15) is 29.6 Å². The van der Waals surface area contributed by atoms with Gasteiger partial charge in [0, 0.05) is 11.0 Å². The quantitative estimate of drug-likeness (QED) is 0.861. The van der Waals surface area contributed by atoms with Crippen molar-refractivity contribution in [3.05, 3.63) is 34.3 Å². The van der Waals surface area contributed by atoms with E-state index in [4.69, 9.17) is 0 Å². The van der Waals surface area contributed by atoms with Crippen molar-refractivity contribution in [3.63, 3.8) is 0 Å². The monoisotopic (exact) mass is 354 g/mol.